The van der Waals surface area contributed by atoms with Crippen LogP contribution in [0.15, 0.2) is 32.5 Å². The Balaban J connectivity index is 1.56. The van der Waals surface area contributed by atoms with E-state index in [2.05, 4.69) is 10.5 Å². The van der Waals surface area contributed by atoms with Gasteiger partial charge in [0.1, 0.15) is 11.3 Å². The van der Waals surface area contributed by atoms with Crippen LogP contribution in [0, 0.1) is 6.92 Å². The molecule has 0 spiro atoms. The van der Waals surface area contributed by atoms with Crippen LogP contribution in [0.5, 0.6) is 23.0 Å². The molecule has 8 nitrogen and oxygen atoms in total. The van der Waals surface area contributed by atoms with Crippen molar-refractivity contribution < 1.29 is 23.7 Å². The lowest BCUT2D eigenvalue weighted by Gasteiger charge is -2.19. The highest BCUT2D eigenvalue weighted by atomic mass is 16.5. The zero-order valence-corrected chi connectivity index (χ0v) is 19.1. The maximum absolute atomic E-state index is 12.3. The monoisotopic (exact) mass is 450 g/mol. The molecular formula is C25H26N2O6. The van der Waals surface area contributed by atoms with Gasteiger partial charge in [-0.1, -0.05) is 0 Å². The third-order valence-electron chi connectivity index (χ3n) is 6.58. The molecule has 0 radical (unpaired) electrons. The number of hydrogen-bond donors (Lipinski definition) is 2. The van der Waals surface area contributed by atoms with Gasteiger partial charge in [0, 0.05) is 23.1 Å². The van der Waals surface area contributed by atoms with Gasteiger partial charge in [0.15, 0.2) is 11.5 Å². The fourth-order valence-corrected chi connectivity index (χ4v) is 5.09. The van der Waals surface area contributed by atoms with Crippen molar-refractivity contribution in [1.29, 1.82) is 0 Å². The van der Waals surface area contributed by atoms with Crippen LogP contribution in [0.1, 0.15) is 46.7 Å². The van der Waals surface area contributed by atoms with E-state index in [0.717, 1.165) is 35.2 Å². The summed E-state index contributed by atoms with van der Waals surface area (Å²) in [7, 11) is 4.74. The molecule has 0 saturated carbocycles. The topological polar surface area (TPSA) is 103 Å². The van der Waals surface area contributed by atoms with Crippen molar-refractivity contribution in [1.82, 2.24) is 5.43 Å². The number of nitrogens with one attached hydrogen (secondary N) is 1. The highest BCUT2D eigenvalue weighted by Gasteiger charge is 2.31. The number of fused-ring (bicyclic) bond motifs is 3. The fourth-order valence-electron chi connectivity index (χ4n) is 5.09. The third-order valence-corrected chi connectivity index (χ3v) is 6.58. The molecule has 1 aliphatic heterocycles. The Kier molecular flexibility index (Phi) is 5.15. The molecule has 0 saturated heterocycles. The van der Waals surface area contributed by atoms with Crippen molar-refractivity contribution in [3.63, 3.8) is 0 Å². The number of hydrogen-bond acceptors (Lipinski definition) is 8. The summed E-state index contributed by atoms with van der Waals surface area (Å²) in [6.07, 6.45) is 2.85. The maximum Gasteiger partial charge on any atom is 0.339 e. The summed E-state index contributed by atoms with van der Waals surface area (Å²) in [5.74, 6) is 1.79. The lowest BCUT2D eigenvalue weighted by atomic mass is 9.92. The average Bonchev–Trinajstić information content (AvgIpc) is 3.48. The van der Waals surface area contributed by atoms with E-state index >= 15 is 0 Å². The minimum Gasteiger partial charge on any atom is -0.506 e. The van der Waals surface area contributed by atoms with Crippen molar-refractivity contribution in [2.75, 3.05) is 21.3 Å². The molecule has 2 heterocycles. The van der Waals surface area contributed by atoms with E-state index in [-0.39, 0.29) is 17.4 Å². The minimum atomic E-state index is -0.304. The first-order valence-electron chi connectivity index (χ1n) is 10.9. The van der Waals surface area contributed by atoms with E-state index < -0.39 is 0 Å². The molecule has 0 amide bonds. The van der Waals surface area contributed by atoms with E-state index in [9.17, 15) is 9.90 Å². The predicted molar refractivity (Wildman–Crippen MR) is 124 cm³/mol. The van der Waals surface area contributed by atoms with Crippen molar-refractivity contribution in [3.05, 3.63) is 56.4 Å². The number of methoxy groups -OCH3 is 3. The molecule has 1 atom stereocenters. The van der Waals surface area contributed by atoms with Crippen LogP contribution in [-0.2, 0) is 12.8 Å². The first-order valence-corrected chi connectivity index (χ1v) is 10.9. The summed E-state index contributed by atoms with van der Waals surface area (Å²) in [5.41, 5.74) is 7.92. The van der Waals surface area contributed by atoms with Crippen LogP contribution >= 0.6 is 0 Å². The Morgan fingerprint density at radius 2 is 1.85 bits per heavy atom. The Bertz CT molecular complexity index is 1360. The summed E-state index contributed by atoms with van der Waals surface area (Å²) < 4.78 is 22.1. The van der Waals surface area contributed by atoms with Crippen LogP contribution in [0.3, 0.4) is 0 Å². The van der Waals surface area contributed by atoms with E-state index in [1.165, 1.54) is 0 Å². The number of hydrazone groups is 1. The average molecular weight is 450 g/mol. The molecule has 8 heteroatoms. The Hall–Kier alpha value is -3.68. The zero-order chi connectivity index (χ0) is 23.3. The van der Waals surface area contributed by atoms with Gasteiger partial charge < -0.3 is 29.2 Å². The fraction of sp³-hybridized carbons (Fsp3) is 0.360. The number of nitrogens with zero attached hydrogens (tertiary/aromatic N) is 1. The van der Waals surface area contributed by atoms with E-state index in [1.54, 1.807) is 21.3 Å². The normalized spacial score (nSPS) is 17.0. The molecule has 172 valence electrons. The van der Waals surface area contributed by atoms with Gasteiger partial charge in [-0.15, -0.1) is 0 Å². The number of rotatable bonds is 5. The lowest BCUT2D eigenvalue weighted by Crippen LogP contribution is -2.12. The summed E-state index contributed by atoms with van der Waals surface area (Å²) in [5, 5.41) is 16.5. The van der Waals surface area contributed by atoms with Gasteiger partial charge in [-0.05, 0) is 55.5 Å². The quantitative estimate of drug-likeness (QED) is 0.571. The van der Waals surface area contributed by atoms with Crippen LogP contribution in [0.2, 0.25) is 0 Å². The number of phenolic OH excluding ortho intramolecular Hbond substituents is 1. The SMILES string of the molecule is COc1ccc([C@@H]2CC(c3c(C)cc4oc(=O)c5c(c4c3O)CCC5)=NN2)c(OC)c1OC. The van der Waals surface area contributed by atoms with Gasteiger partial charge in [-0.25, -0.2) is 4.79 Å². The number of aryl methyl sites for hydroxylation is 2. The van der Waals surface area contributed by atoms with E-state index in [4.69, 9.17) is 18.6 Å². The minimum absolute atomic E-state index is 0.118. The number of phenols is 1. The molecular weight excluding hydrogens is 424 g/mol. The van der Waals surface area contributed by atoms with Crippen LogP contribution in [0.4, 0.5) is 0 Å². The van der Waals surface area contributed by atoms with Crippen LogP contribution < -0.4 is 25.3 Å². The highest BCUT2D eigenvalue weighted by molar-refractivity contribution is 6.09. The van der Waals surface area contributed by atoms with Gasteiger partial charge in [-0.2, -0.15) is 5.10 Å². The second kappa shape index (κ2) is 8.03. The molecule has 33 heavy (non-hydrogen) atoms. The van der Waals surface area contributed by atoms with Crippen molar-refractivity contribution in [3.8, 4) is 23.0 Å². The molecule has 3 aromatic rings. The van der Waals surface area contributed by atoms with Gasteiger partial charge in [0.05, 0.1) is 38.5 Å². The van der Waals surface area contributed by atoms with Crippen LogP contribution in [-0.4, -0.2) is 32.1 Å². The first kappa shape index (κ1) is 21.2. The summed E-state index contributed by atoms with van der Waals surface area (Å²) in [6.45, 7) is 1.88. The lowest BCUT2D eigenvalue weighted by molar-refractivity contribution is 0.320. The number of benzene rings is 2. The second-order valence-corrected chi connectivity index (χ2v) is 8.36. The van der Waals surface area contributed by atoms with Crippen LogP contribution in [0.25, 0.3) is 11.0 Å². The predicted octanol–water partition coefficient (Wildman–Crippen LogP) is 3.76. The molecule has 0 unspecified atom stereocenters. The molecule has 2 N–H and O–H groups in total. The Morgan fingerprint density at radius 1 is 1.09 bits per heavy atom. The number of aromatic hydroxyl groups is 1. The van der Waals surface area contributed by atoms with Gasteiger partial charge in [0.2, 0.25) is 5.75 Å². The molecule has 2 aliphatic rings. The summed E-state index contributed by atoms with van der Waals surface area (Å²) >= 11 is 0. The van der Waals surface area contributed by atoms with Crippen molar-refractivity contribution >= 4 is 16.7 Å². The summed E-state index contributed by atoms with van der Waals surface area (Å²) in [4.78, 5) is 12.3. The first-order chi connectivity index (χ1) is 16.0. The zero-order valence-electron chi connectivity index (χ0n) is 19.1. The van der Waals surface area contributed by atoms with Gasteiger partial charge in [0.25, 0.3) is 0 Å². The number of ether oxygens (including phenoxy) is 3. The third kappa shape index (κ3) is 3.20. The molecule has 5 rings (SSSR count). The standard InChI is InChI=1S/C25H26N2O6/c1-12-10-19-21(13-6-5-7-14(13)25(29)33-19)22(28)20(12)17-11-16(26-27-17)15-8-9-18(30-2)24(32-4)23(15)31-3/h8-10,16,26,28H,5-7,11H2,1-4H3/t16-/m0/s1. The Labute approximate surface area is 190 Å². The summed E-state index contributed by atoms with van der Waals surface area (Å²) in [6, 6.07) is 5.39. The van der Waals surface area contributed by atoms with E-state index in [0.29, 0.717) is 52.2 Å². The molecule has 0 fully saturated rings. The molecule has 1 aromatic heterocycles. The smallest absolute Gasteiger partial charge is 0.339 e. The molecule has 1 aliphatic carbocycles. The molecule has 0 bridgehead atoms. The molecule has 2 aromatic carbocycles. The largest absolute Gasteiger partial charge is 0.506 e. The van der Waals surface area contributed by atoms with Crippen molar-refractivity contribution in [2.45, 2.75) is 38.6 Å². The van der Waals surface area contributed by atoms with E-state index in [1.807, 2.05) is 25.1 Å². The Morgan fingerprint density at radius 3 is 2.58 bits per heavy atom. The maximum atomic E-state index is 12.3. The van der Waals surface area contributed by atoms with Gasteiger partial charge >= 0.3 is 5.63 Å². The second-order valence-electron chi connectivity index (χ2n) is 8.36. The van der Waals surface area contributed by atoms with Gasteiger partial charge in [-0.3, -0.25) is 0 Å². The van der Waals surface area contributed by atoms with Crippen molar-refractivity contribution in [2.24, 2.45) is 5.10 Å². The highest BCUT2D eigenvalue weighted by Crippen LogP contribution is 2.45.